The average Bonchev–Trinajstić information content (AvgIpc) is 2.97. The van der Waals surface area contributed by atoms with E-state index >= 15 is 0 Å². The Morgan fingerprint density at radius 3 is 3.15 bits per heavy atom. The third-order valence-corrected chi connectivity index (χ3v) is 3.39. The van der Waals surface area contributed by atoms with Crippen LogP contribution in [0.15, 0.2) is 18.2 Å². The minimum atomic E-state index is -0.214. The normalized spacial score (nSPS) is 20.8. The quantitative estimate of drug-likeness (QED) is 0.861. The minimum absolute atomic E-state index is 0.0115. The van der Waals surface area contributed by atoms with Gasteiger partial charge in [0, 0.05) is 18.7 Å². The first kappa shape index (κ1) is 12.9. The van der Waals surface area contributed by atoms with E-state index in [-0.39, 0.29) is 24.5 Å². The Morgan fingerprint density at radius 2 is 2.35 bits per heavy atom. The Bertz CT molecular complexity index is 538. The van der Waals surface area contributed by atoms with Gasteiger partial charge in [-0.3, -0.25) is 9.59 Å². The second-order valence-electron chi connectivity index (χ2n) is 4.89. The fourth-order valence-corrected chi connectivity index (χ4v) is 2.34. The first-order valence-corrected chi connectivity index (χ1v) is 6.69. The average molecular weight is 276 g/mol. The molecule has 1 fully saturated rings. The fraction of sp³-hybridized carbons (Fsp3) is 0.429. The second kappa shape index (κ2) is 5.50. The summed E-state index contributed by atoms with van der Waals surface area (Å²) >= 11 is 0. The SMILES string of the molecule is O=C1COc2ccc(C(=O)NC[C@H]3CCCO3)cc2N1. The van der Waals surface area contributed by atoms with Gasteiger partial charge in [-0.2, -0.15) is 0 Å². The van der Waals surface area contributed by atoms with Crippen LogP contribution in [0.25, 0.3) is 0 Å². The number of fused-ring (bicyclic) bond motifs is 1. The van der Waals surface area contributed by atoms with Gasteiger partial charge in [0.2, 0.25) is 0 Å². The standard InChI is InChI=1S/C14H16N2O4/c17-13-8-20-12-4-3-9(6-11(12)16-13)14(18)15-7-10-2-1-5-19-10/h3-4,6,10H,1-2,5,7-8H2,(H,15,18)(H,16,17)/t10-/m1/s1. The molecule has 6 heteroatoms. The Balaban J connectivity index is 1.65. The number of rotatable bonds is 3. The molecule has 2 amide bonds. The number of hydrogen-bond acceptors (Lipinski definition) is 4. The molecule has 2 aliphatic rings. The first-order valence-electron chi connectivity index (χ1n) is 6.69. The van der Waals surface area contributed by atoms with Gasteiger partial charge >= 0.3 is 0 Å². The Kier molecular flexibility index (Phi) is 3.56. The smallest absolute Gasteiger partial charge is 0.262 e. The first-order chi connectivity index (χ1) is 9.72. The molecule has 2 heterocycles. The van der Waals surface area contributed by atoms with Gasteiger partial charge in [-0.25, -0.2) is 0 Å². The van der Waals surface area contributed by atoms with E-state index in [2.05, 4.69) is 10.6 Å². The van der Waals surface area contributed by atoms with E-state index in [0.717, 1.165) is 19.4 Å². The molecule has 1 aromatic rings. The van der Waals surface area contributed by atoms with Gasteiger partial charge in [0.15, 0.2) is 6.61 Å². The van der Waals surface area contributed by atoms with Gasteiger partial charge in [0.05, 0.1) is 11.8 Å². The van der Waals surface area contributed by atoms with E-state index in [1.54, 1.807) is 18.2 Å². The van der Waals surface area contributed by atoms with Crippen molar-refractivity contribution in [1.29, 1.82) is 0 Å². The molecule has 0 aromatic heterocycles. The maximum Gasteiger partial charge on any atom is 0.262 e. The summed E-state index contributed by atoms with van der Waals surface area (Å²) in [7, 11) is 0. The number of anilines is 1. The van der Waals surface area contributed by atoms with Crippen molar-refractivity contribution in [3.63, 3.8) is 0 Å². The molecule has 2 aliphatic heterocycles. The van der Waals surface area contributed by atoms with E-state index in [0.29, 0.717) is 23.5 Å². The molecule has 0 radical (unpaired) electrons. The summed E-state index contributed by atoms with van der Waals surface area (Å²) in [6.07, 6.45) is 2.14. The molecular formula is C14H16N2O4. The summed E-state index contributed by atoms with van der Waals surface area (Å²) < 4.78 is 10.7. The molecule has 0 spiro atoms. The number of amides is 2. The lowest BCUT2D eigenvalue weighted by atomic mass is 10.1. The third kappa shape index (κ3) is 2.75. The molecule has 1 saturated heterocycles. The number of benzene rings is 1. The van der Waals surface area contributed by atoms with Crippen molar-refractivity contribution in [1.82, 2.24) is 5.32 Å². The predicted molar refractivity (Wildman–Crippen MR) is 71.9 cm³/mol. The van der Waals surface area contributed by atoms with Crippen LogP contribution in [-0.4, -0.2) is 37.7 Å². The monoisotopic (exact) mass is 276 g/mol. The lowest BCUT2D eigenvalue weighted by Crippen LogP contribution is -2.32. The lowest BCUT2D eigenvalue weighted by molar-refractivity contribution is -0.118. The molecule has 1 atom stereocenters. The predicted octanol–water partition coefficient (Wildman–Crippen LogP) is 0.926. The molecule has 106 valence electrons. The van der Waals surface area contributed by atoms with Gasteiger partial charge < -0.3 is 20.1 Å². The molecule has 1 aromatic carbocycles. The van der Waals surface area contributed by atoms with Crippen molar-refractivity contribution in [2.45, 2.75) is 18.9 Å². The molecule has 0 unspecified atom stereocenters. The Labute approximate surface area is 116 Å². The number of nitrogens with one attached hydrogen (secondary N) is 2. The van der Waals surface area contributed by atoms with Crippen molar-refractivity contribution in [2.24, 2.45) is 0 Å². The van der Waals surface area contributed by atoms with Crippen LogP contribution in [0.4, 0.5) is 5.69 Å². The Hall–Kier alpha value is -2.08. The van der Waals surface area contributed by atoms with Crippen molar-refractivity contribution in [2.75, 3.05) is 25.1 Å². The van der Waals surface area contributed by atoms with Gasteiger partial charge in [0.25, 0.3) is 11.8 Å². The van der Waals surface area contributed by atoms with Crippen molar-refractivity contribution < 1.29 is 19.1 Å². The highest BCUT2D eigenvalue weighted by atomic mass is 16.5. The van der Waals surface area contributed by atoms with Crippen LogP contribution in [0, 0.1) is 0 Å². The Morgan fingerprint density at radius 1 is 1.45 bits per heavy atom. The van der Waals surface area contributed by atoms with Gasteiger partial charge in [-0.05, 0) is 31.0 Å². The maximum atomic E-state index is 12.0. The fourth-order valence-electron chi connectivity index (χ4n) is 2.34. The van der Waals surface area contributed by atoms with Crippen molar-refractivity contribution in [3.8, 4) is 5.75 Å². The van der Waals surface area contributed by atoms with Gasteiger partial charge in [0.1, 0.15) is 5.75 Å². The number of carbonyl (C=O) groups excluding carboxylic acids is 2. The van der Waals surface area contributed by atoms with Crippen LogP contribution < -0.4 is 15.4 Å². The molecule has 20 heavy (non-hydrogen) atoms. The van der Waals surface area contributed by atoms with Crippen LogP contribution >= 0.6 is 0 Å². The highest BCUT2D eigenvalue weighted by Crippen LogP contribution is 2.28. The van der Waals surface area contributed by atoms with Gasteiger partial charge in [-0.1, -0.05) is 0 Å². The molecule has 0 bridgehead atoms. The molecule has 0 saturated carbocycles. The second-order valence-corrected chi connectivity index (χ2v) is 4.89. The van der Waals surface area contributed by atoms with Crippen molar-refractivity contribution in [3.05, 3.63) is 23.8 Å². The highest BCUT2D eigenvalue weighted by molar-refractivity contribution is 5.99. The molecule has 0 aliphatic carbocycles. The summed E-state index contributed by atoms with van der Waals surface area (Å²) in [5, 5.41) is 5.53. The molecule has 3 rings (SSSR count). The maximum absolute atomic E-state index is 12.0. The summed E-state index contributed by atoms with van der Waals surface area (Å²) in [6, 6.07) is 4.99. The minimum Gasteiger partial charge on any atom is -0.482 e. The number of ether oxygens (including phenoxy) is 2. The largest absolute Gasteiger partial charge is 0.482 e. The van der Waals surface area contributed by atoms with Crippen LogP contribution in [0.2, 0.25) is 0 Å². The molecule has 6 nitrogen and oxygen atoms in total. The number of hydrogen-bond donors (Lipinski definition) is 2. The molecular weight excluding hydrogens is 260 g/mol. The lowest BCUT2D eigenvalue weighted by Gasteiger charge is -2.18. The van der Waals surface area contributed by atoms with E-state index in [9.17, 15) is 9.59 Å². The zero-order valence-electron chi connectivity index (χ0n) is 11.0. The number of carbonyl (C=O) groups is 2. The van der Waals surface area contributed by atoms with E-state index in [1.807, 2.05) is 0 Å². The summed E-state index contributed by atoms with van der Waals surface area (Å²) in [5.41, 5.74) is 1.03. The van der Waals surface area contributed by atoms with E-state index in [1.165, 1.54) is 0 Å². The van der Waals surface area contributed by atoms with Crippen LogP contribution in [0.5, 0.6) is 5.75 Å². The zero-order valence-corrected chi connectivity index (χ0v) is 11.0. The van der Waals surface area contributed by atoms with Crippen LogP contribution in [0.3, 0.4) is 0 Å². The zero-order chi connectivity index (χ0) is 13.9. The topological polar surface area (TPSA) is 76.7 Å². The molecule has 2 N–H and O–H groups in total. The van der Waals surface area contributed by atoms with Crippen LogP contribution in [0.1, 0.15) is 23.2 Å². The van der Waals surface area contributed by atoms with E-state index < -0.39 is 0 Å². The highest BCUT2D eigenvalue weighted by Gasteiger charge is 2.19. The third-order valence-electron chi connectivity index (χ3n) is 3.39. The summed E-state index contributed by atoms with van der Waals surface area (Å²) in [6.45, 7) is 1.29. The van der Waals surface area contributed by atoms with E-state index in [4.69, 9.17) is 9.47 Å². The van der Waals surface area contributed by atoms with Crippen molar-refractivity contribution >= 4 is 17.5 Å². The van der Waals surface area contributed by atoms with Crippen LogP contribution in [-0.2, 0) is 9.53 Å². The summed E-state index contributed by atoms with van der Waals surface area (Å²) in [4.78, 5) is 23.3. The van der Waals surface area contributed by atoms with Gasteiger partial charge in [-0.15, -0.1) is 0 Å². The summed E-state index contributed by atoms with van der Waals surface area (Å²) in [5.74, 6) is 0.192.